The molecule has 0 aliphatic rings. The molecule has 0 N–H and O–H groups in total. The van der Waals surface area contributed by atoms with E-state index in [4.69, 9.17) is 4.18 Å². The maximum absolute atomic E-state index is 14.4. The van der Waals surface area contributed by atoms with Crippen LogP contribution in [0, 0.1) is 6.92 Å². The van der Waals surface area contributed by atoms with Crippen molar-refractivity contribution in [2.45, 2.75) is 117 Å². The molecular weight excluding hydrogens is 954 g/mol. The Labute approximate surface area is 437 Å². The Kier molecular flexibility index (Phi) is 10.3. The molecule has 0 bridgehead atoms. The molecule has 0 aliphatic carbocycles. The van der Waals surface area contributed by atoms with Crippen LogP contribution in [0.25, 0.3) is 119 Å². The summed E-state index contributed by atoms with van der Waals surface area (Å²) in [5.41, 5.74) is 2.45. The van der Waals surface area contributed by atoms with Gasteiger partial charge in [0.25, 0.3) is 0 Å². The quantitative estimate of drug-likeness (QED) is 0.0764. The summed E-state index contributed by atoms with van der Waals surface area (Å²) in [5.74, 6) is -0.394. The minimum Gasteiger partial charge on any atom is -0.375 e. The van der Waals surface area contributed by atoms with Crippen molar-refractivity contribution in [3.8, 4) is 28.0 Å². The Hall–Kier alpha value is -6.96. The molecule has 0 spiro atoms. The number of aryl methyl sites for hydroxylation is 1. The van der Waals surface area contributed by atoms with Gasteiger partial charge in [-0.2, -0.15) is 21.6 Å². The molecule has 12 aromatic rings. The number of alkyl halides is 3. The van der Waals surface area contributed by atoms with E-state index in [2.05, 4.69) is 174 Å². The molecule has 0 radical (unpaired) electrons. The first-order valence-electron chi connectivity index (χ1n) is 26.0. The molecule has 75 heavy (non-hydrogen) atoms. The van der Waals surface area contributed by atoms with Crippen LogP contribution in [-0.4, -0.2) is 13.9 Å². The molecule has 0 unspecified atom stereocenters. The number of rotatable bonds is 4. The molecule has 0 heterocycles. The summed E-state index contributed by atoms with van der Waals surface area (Å²) in [6.45, 7) is 28.9. The summed E-state index contributed by atoms with van der Waals surface area (Å²) >= 11 is 0. The lowest BCUT2D eigenvalue weighted by atomic mass is 9.78. The van der Waals surface area contributed by atoms with E-state index in [1.807, 2.05) is 37.3 Å². The molecule has 12 aromatic carbocycles. The topological polar surface area (TPSA) is 43.4 Å². The van der Waals surface area contributed by atoms with Crippen molar-refractivity contribution >= 4 is 107 Å². The molecule has 0 amide bonds. The van der Waals surface area contributed by atoms with Gasteiger partial charge in [0.05, 0.1) is 0 Å². The third kappa shape index (κ3) is 7.61. The number of halogens is 3. The zero-order valence-corrected chi connectivity index (χ0v) is 45.8. The highest BCUT2D eigenvalue weighted by Gasteiger charge is 2.49. The summed E-state index contributed by atoms with van der Waals surface area (Å²) in [6, 6.07) is 47.0. The number of fused-ring (bicyclic) bond motifs is 5. The van der Waals surface area contributed by atoms with E-state index in [1.54, 1.807) is 6.07 Å². The van der Waals surface area contributed by atoms with E-state index in [0.717, 1.165) is 70.6 Å². The Morgan fingerprint density at radius 2 is 0.693 bits per heavy atom. The second-order valence-corrected chi connectivity index (χ2v) is 27.0. The zero-order valence-electron chi connectivity index (χ0n) is 45.0. The van der Waals surface area contributed by atoms with Crippen molar-refractivity contribution in [1.29, 1.82) is 0 Å². The molecule has 0 fully saturated rings. The Morgan fingerprint density at radius 1 is 0.347 bits per heavy atom. The van der Waals surface area contributed by atoms with Gasteiger partial charge in [0.1, 0.15) is 0 Å². The van der Waals surface area contributed by atoms with E-state index in [9.17, 15) is 21.6 Å². The molecule has 0 saturated carbocycles. The van der Waals surface area contributed by atoms with Gasteiger partial charge in [-0.3, -0.25) is 0 Å². The molecule has 3 nitrogen and oxygen atoms in total. The first-order valence-corrected chi connectivity index (χ1v) is 27.4. The first kappa shape index (κ1) is 48.9. The SMILES string of the molecule is Cc1cc2cc(OS(=O)(=O)C(F)(F)F)c(-c3ccc4c5cc(C(C)(C)C)cc6cc(C(C)(C)C)cc(c7cccc3c74)c65)cc2cc1-c1ccc2c3cc(C(C)(C)C)cc4cc(C(C)(C)C)cc(c5cccc1c52)c43. The van der Waals surface area contributed by atoms with Crippen LogP contribution in [0.4, 0.5) is 13.2 Å². The van der Waals surface area contributed by atoms with Gasteiger partial charge in [-0.1, -0.05) is 174 Å². The highest BCUT2D eigenvalue weighted by atomic mass is 32.2. The van der Waals surface area contributed by atoms with Crippen LogP contribution in [0.2, 0.25) is 0 Å². The fourth-order valence-corrected chi connectivity index (χ4v) is 12.4. The molecule has 0 aromatic heterocycles. The molecular formula is C68H61F3O3S. The zero-order chi connectivity index (χ0) is 53.4. The molecule has 0 aliphatic heterocycles. The van der Waals surface area contributed by atoms with Gasteiger partial charge in [-0.15, -0.1) is 0 Å². The minimum atomic E-state index is -6.07. The van der Waals surface area contributed by atoms with Crippen LogP contribution >= 0.6 is 0 Å². The van der Waals surface area contributed by atoms with E-state index in [0.29, 0.717) is 10.9 Å². The maximum Gasteiger partial charge on any atom is 0.534 e. The Morgan fingerprint density at radius 3 is 1.08 bits per heavy atom. The van der Waals surface area contributed by atoms with Crippen molar-refractivity contribution in [2.24, 2.45) is 0 Å². The molecule has 0 atom stereocenters. The number of hydrogen-bond acceptors (Lipinski definition) is 3. The predicted octanol–water partition coefficient (Wildman–Crippen LogP) is 20.0. The lowest BCUT2D eigenvalue weighted by Crippen LogP contribution is -2.28. The third-order valence-corrected chi connectivity index (χ3v) is 17.1. The molecule has 0 saturated heterocycles. The summed E-state index contributed by atoms with van der Waals surface area (Å²) < 4.78 is 74.5. The normalized spacial score (nSPS) is 13.7. The molecule has 7 heteroatoms. The highest BCUT2D eigenvalue weighted by molar-refractivity contribution is 7.88. The summed E-state index contributed by atoms with van der Waals surface area (Å²) in [4.78, 5) is 0. The van der Waals surface area contributed by atoms with Gasteiger partial charge < -0.3 is 4.18 Å². The van der Waals surface area contributed by atoms with Crippen molar-refractivity contribution < 1.29 is 25.8 Å². The van der Waals surface area contributed by atoms with E-state index >= 15 is 0 Å². The monoisotopic (exact) mass is 1010 g/mol. The summed E-state index contributed by atoms with van der Waals surface area (Å²) in [6.07, 6.45) is 0. The van der Waals surface area contributed by atoms with Crippen molar-refractivity contribution in [3.63, 3.8) is 0 Å². The van der Waals surface area contributed by atoms with Gasteiger partial charge in [-0.05, 0) is 213 Å². The van der Waals surface area contributed by atoms with Crippen LogP contribution in [0.5, 0.6) is 5.75 Å². The lowest BCUT2D eigenvalue weighted by Gasteiger charge is -2.26. The van der Waals surface area contributed by atoms with Crippen molar-refractivity contribution in [2.75, 3.05) is 0 Å². The van der Waals surface area contributed by atoms with Gasteiger partial charge in [0.15, 0.2) is 5.75 Å². The van der Waals surface area contributed by atoms with E-state index in [-0.39, 0.29) is 27.2 Å². The summed E-state index contributed by atoms with van der Waals surface area (Å²) in [7, 11) is -6.07. The van der Waals surface area contributed by atoms with Crippen LogP contribution in [-0.2, 0) is 31.8 Å². The standard InChI is InChI=1S/C68H61F3O3S/c1-36-24-37-31-59(74-75(72,73)68(69,70)71)54(46-21-23-52-58-35-44(67(11,12)13)28-40-26-42(65(5,6)7)33-56(61(40)58)50-19-15-17-48(46)63(50)52)30-38(37)29-53(36)45-20-22-51-57-34-43(66(8,9)10)27-39-25-41(64(2,3)4)32-55(60(39)57)49-18-14-16-47(45)62(49)51/h14-35H,1-13H3. The Balaban J connectivity index is 1.14. The average Bonchev–Trinajstić information content (AvgIpc) is 3.33. The van der Waals surface area contributed by atoms with Gasteiger partial charge >= 0.3 is 15.6 Å². The summed E-state index contributed by atoms with van der Waals surface area (Å²) in [5, 5.41) is 19.0. The number of benzene rings is 12. The third-order valence-electron chi connectivity index (χ3n) is 16.1. The lowest BCUT2D eigenvalue weighted by molar-refractivity contribution is -0.0499. The smallest absolute Gasteiger partial charge is 0.375 e. The largest absolute Gasteiger partial charge is 0.534 e. The van der Waals surface area contributed by atoms with Crippen LogP contribution in [0.1, 0.15) is 111 Å². The van der Waals surface area contributed by atoms with Crippen molar-refractivity contribution in [3.05, 3.63) is 161 Å². The van der Waals surface area contributed by atoms with Crippen LogP contribution < -0.4 is 4.18 Å². The van der Waals surface area contributed by atoms with Gasteiger partial charge in [0.2, 0.25) is 0 Å². The predicted molar refractivity (Wildman–Crippen MR) is 312 cm³/mol. The maximum atomic E-state index is 14.4. The second-order valence-electron chi connectivity index (χ2n) is 25.4. The van der Waals surface area contributed by atoms with E-state index < -0.39 is 21.4 Å². The molecule has 12 rings (SSSR count). The van der Waals surface area contributed by atoms with Crippen LogP contribution in [0.3, 0.4) is 0 Å². The second kappa shape index (κ2) is 15.8. The molecule has 378 valence electrons. The Bertz CT molecular complexity index is 4400. The minimum absolute atomic E-state index is 0.0834. The van der Waals surface area contributed by atoms with Crippen LogP contribution in [0.15, 0.2) is 133 Å². The number of hydrogen-bond donors (Lipinski definition) is 0. The van der Waals surface area contributed by atoms with Gasteiger partial charge in [-0.25, -0.2) is 0 Å². The van der Waals surface area contributed by atoms with Gasteiger partial charge in [0, 0.05) is 5.56 Å². The van der Waals surface area contributed by atoms with E-state index in [1.165, 1.54) is 66.0 Å². The first-order chi connectivity index (χ1) is 35.0. The van der Waals surface area contributed by atoms with Crippen molar-refractivity contribution in [1.82, 2.24) is 0 Å². The highest BCUT2D eigenvalue weighted by Crippen LogP contribution is 2.50. The average molecular weight is 1020 g/mol. The fourth-order valence-electron chi connectivity index (χ4n) is 12.0. The fraction of sp³-hybridized carbons (Fsp3) is 0.265.